The number of nitrogens with zero attached hydrogens (tertiary/aromatic N) is 1. The zero-order valence-corrected chi connectivity index (χ0v) is 7.43. The van der Waals surface area contributed by atoms with Crippen LogP contribution in [0.4, 0.5) is 5.69 Å². The molecule has 1 aromatic rings. The van der Waals surface area contributed by atoms with Gasteiger partial charge in [0.2, 0.25) is 0 Å². The van der Waals surface area contributed by atoms with E-state index in [0.29, 0.717) is 17.5 Å². The van der Waals surface area contributed by atoms with Gasteiger partial charge in [-0.05, 0) is 6.07 Å². The Morgan fingerprint density at radius 3 is 3.17 bits per heavy atom. The first-order valence-corrected chi connectivity index (χ1v) is 4.10. The van der Waals surface area contributed by atoms with Gasteiger partial charge in [0.25, 0.3) is 0 Å². The van der Waals surface area contributed by atoms with E-state index in [1.807, 2.05) is 25.1 Å². The molecule has 1 aliphatic rings. The van der Waals surface area contributed by atoms with E-state index in [9.17, 15) is 0 Å². The maximum absolute atomic E-state index is 5.94. The molecule has 0 saturated heterocycles. The predicted molar refractivity (Wildman–Crippen MR) is 49.0 cm³/mol. The fourth-order valence-electron chi connectivity index (χ4n) is 1.17. The molecule has 3 heteroatoms. The lowest BCUT2D eigenvalue weighted by molar-refractivity contribution is 0.284. The lowest BCUT2D eigenvalue weighted by Crippen LogP contribution is -2.05. The van der Waals surface area contributed by atoms with Crippen LogP contribution in [-0.2, 0) is 11.3 Å². The first-order valence-electron chi connectivity index (χ1n) is 3.73. The zero-order chi connectivity index (χ0) is 8.55. The highest BCUT2D eigenvalue weighted by Crippen LogP contribution is 2.32. The van der Waals surface area contributed by atoms with Crippen LogP contribution in [-0.4, -0.2) is 5.90 Å². The maximum atomic E-state index is 5.94. The molecule has 0 fully saturated rings. The van der Waals surface area contributed by atoms with Crippen LogP contribution in [0, 0.1) is 0 Å². The number of ether oxygens (including phenoxy) is 1. The standard InChI is InChI=1S/C9H8ClNO/c1-6-11-9-7(5-12-6)3-2-4-8(9)10/h2-4H,5H2,1H3. The Bertz CT molecular complexity index is 346. The summed E-state index contributed by atoms with van der Waals surface area (Å²) in [5, 5.41) is 0.690. The summed E-state index contributed by atoms with van der Waals surface area (Å²) >= 11 is 5.94. The Morgan fingerprint density at radius 1 is 1.50 bits per heavy atom. The predicted octanol–water partition coefficient (Wildman–Crippen LogP) is 2.92. The van der Waals surface area contributed by atoms with Crippen molar-refractivity contribution in [3.05, 3.63) is 28.8 Å². The lowest BCUT2D eigenvalue weighted by atomic mass is 10.2. The molecule has 0 amide bonds. The highest BCUT2D eigenvalue weighted by molar-refractivity contribution is 6.33. The van der Waals surface area contributed by atoms with E-state index in [1.165, 1.54) is 0 Å². The monoisotopic (exact) mass is 181 g/mol. The third kappa shape index (κ3) is 1.18. The molecule has 1 aromatic carbocycles. The Balaban J connectivity index is 2.59. The fraction of sp³-hybridized carbons (Fsp3) is 0.222. The molecular formula is C9H8ClNO. The summed E-state index contributed by atoms with van der Waals surface area (Å²) in [6, 6.07) is 5.71. The normalized spacial score (nSPS) is 14.7. The number of para-hydroxylation sites is 1. The molecular weight excluding hydrogens is 174 g/mol. The van der Waals surface area contributed by atoms with Crippen molar-refractivity contribution >= 4 is 23.2 Å². The second-order valence-corrected chi connectivity index (χ2v) is 3.07. The third-order valence-electron chi connectivity index (χ3n) is 1.78. The third-order valence-corrected chi connectivity index (χ3v) is 2.08. The quantitative estimate of drug-likeness (QED) is 0.603. The molecule has 0 aliphatic carbocycles. The molecule has 0 aromatic heterocycles. The van der Waals surface area contributed by atoms with Gasteiger partial charge in [-0.25, -0.2) is 4.99 Å². The van der Waals surface area contributed by atoms with Crippen molar-refractivity contribution in [2.24, 2.45) is 4.99 Å². The van der Waals surface area contributed by atoms with Crippen molar-refractivity contribution in [1.82, 2.24) is 0 Å². The minimum Gasteiger partial charge on any atom is -0.476 e. The minimum atomic E-state index is 0.575. The second kappa shape index (κ2) is 2.79. The number of aliphatic imine (C=N–C) groups is 1. The molecule has 0 bridgehead atoms. The van der Waals surface area contributed by atoms with Crippen LogP contribution in [0.5, 0.6) is 0 Å². The Morgan fingerprint density at radius 2 is 2.33 bits per heavy atom. The van der Waals surface area contributed by atoms with Crippen LogP contribution in [0.2, 0.25) is 5.02 Å². The van der Waals surface area contributed by atoms with Crippen molar-refractivity contribution in [2.45, 2.75) is 13.5 Å². The summed E-state index contributed by atoms with van der Waals surface area (Å²) in [6.07, 6.45) is 0. The summed E-state index contributed by atoms with van der Waals surface area (Å²) in [5.74, 6) is 0.676. The average Bonchev–Trinajstić information content (AvgIpc) is 2.07. The number of hydrogen-bond donors (Lipinski definition) is 0. The molecule has 0 spiro atoms. The Labute approximate surface area is 75.8 Å². The van der Waals surface area contributed by atoms with Crippen LogP contribution in [0.15, 0.2) is 23.2 Å². The fourth-order valence-corrected chi connectivity index (χ4v) is 1.41. The Hall–Kier alpha value is -1.02. The summed E-state index contributed by atoms with van der Waals surface area (Å²) < 4.78 is 5.25. The van der Waals surface area contributed by atoms with Crippen molar-refractivity contribution in [1.29, 1.82) is 0 Å². The van der Waals surface area contributed by atoms with Crippen LogP contribution in [0.3, 0.4) is 0 Å². The van der Waals surface area contributed by atoms with Gasteiger partial charge in [0, 0.05) is 12.5 Å². The van der Waals surface area contributed by atoms with Crippen LogP contribution in [0.1, 0.15) is 12.5 Å². The highest BCUT2D eigenvalue weighted by Gasteiger charge is 2.11. The average molecular weight is 182 g/mol. The largest absolute Gasteiger partial charge is 0.476 e. The van der Waals surface area contributed by atoms with Gasteiger partial charge >= 0.3 is 0 Å². The van der Waals surface area contributed by atoms with Gasteiger partial charge in [0.05, 0.1) is 10.7 Å². The van der Waals surface area contributed by atoms with Gasteiger partial charge in [-0.1, -0.05) is 23.7 Å². The zero-order valence-electron chi connectivity index (χ0n) is 6.67. The van der Waals surface area contributed by atoms with E-state index in [0.717, 1.165) is 11.3 Å². The first kappa shape index (κ1) is 7.62. The summed E-state index contributed by atoms with van der Waals surface area (Å²) in [6.45, 7) is 2.40. The van der Waals surface area contributed by atoms with E-state index in [1.54, 1.807) is 0 Å². The van der Waals surface area contributed by atoms with Crippen molar-refractivity contribution in [3.8, 4) is 0 Å². The molecule has 0 N–H and O–H groups in total. The van der Waals surface area contributed by atoms with Crippen LogP contribution < -0.4 is 0 Å². The van der Waals surface area contributed by atoms with E-state index in [2.05, 4.69) is 4.99 Å². The molecule has 0 radical (unpaired) electrons. The van der Waals surface area contributed by atoms with Gasteiger partial charge in [0.15, 0.2) is 5.90 Å². The molecule has 0 unspecified atom stereocenters. The van der Waals surface area contributed by atoms with E-state index < -0.39 is 0 Å². The van der Waals surface area contributed by atoms with Gasteiger partial charge in [-0.2, -0.15) is 0 Å². The smallest absolute Gasteiger partial charge is 0.185 e. The first-order chi connectivity index (χ1) is 5.77. The Kier molecular flexibility index (Phi) is 1.77. The number of halogens is 1. The summed E-state index contributed by atoms with van der Waals surface area (Å²) in [4.78, 5) is 4.21. The van der Waals surface area contributed by atoms with Crippen molar-refractivity contribution in [3.63, 3.8) is 0 Å². The lowest BCUT2D eigenvalue weighted by Gasteiger charge is -2.14. The molecule has 0 atom stereocenters. The summed E-state index contributed by atoms with van der Waals surface area (Å²) in [7, 11) is 0. The SMILES string of the molecule is CC1=Nc2c(Cl)cccc2CO1. The maximum Gasteiger partial charge on any atom is 0.185 e. The van der Waals surface area contributed by atoms with Gasteiger partial charge in [0.1, 0.15) is 6.61 Å². The second-order valence-electron chi connectivity index (χ2n) is 2.67. The van der Waals surface area contributed by atoms with E-state index in [4.69, 9.17) is 16.3 Å². The van der Waals surface area contributed by atoms with E-state index in [-0.39, 0.29) is 0 Å². The number of fused-ring (bicyclic) bond motifs is 1. The topological polar surface area (TPSA) is 21.6 Å². The molecule has 12 heavy (non-hydrogen) atoms. The molecule has 0 saturated carbocycles. The van der Waals surface area contributed by atoms with Crippen LogP contribution in [0.25, 0.3) is 0 Å². The summed E-state index contributed by atoms with van der Waals surface area (Å²) in [5.41, 5.74) is 1.90. The van der Waals surface area contributed by atoms with Crippen molar-refractivity contribution in [2.75, 3.05) is 0 Å². The molecule has 2 nitrogen and oxygen atoms in total. The van der Waals surface area contributed by atoms with Gasteiger partial charge < -0.3 is 4.74 Å². The highest BCUT2D eigenvalue weighted by atomic mass is 35.5. The molecule has 1 heterocycles. The molecule has 1 aliphatic heterocycles. The van der Waals surface area contributed by atoms with Crippen LogP contribution >= 0.6 is 11.6 Å². The van der Waals surface area contributed by atoms with E-state index >= 15 is 0 Å². The number of rotatable bonds is 0. The minimum absolute atomic E-state index is 0.575. The number of benzene rings is 1. The number of hydrogen-bond acceptors (Lipinski definition) is 2. The van der Waals surface area contributed by atoms with Crippen molar-refractivity contribution < 1.29 is 4.74 Å². The molecule has 2 rings (SSSR count). The van der Waals surface area contributed by atoms with Gasteiger partial charge in [-0.3, -0.25) is 0 Å². The molecule has 62 valence electrons. The van der Waals surface area contributed by atoms with Gasteiger partial charge in [-0.15, -0.1) is 0 Å².